The third-order valence-electron chi connectivity index (χ3n) is 4.82. The Kier molecular flexibility index (Phi) is 3.40. The van der Waals surface area contributed by atoms with E-state index in [1.165, 1.54) is 11.8 Å². The van der Waals surface area contributed by atoms with Gasteiger partial charge in [-0.25, -0.2) is 0 Å². The zero-order valence-corrected chi connectivity index (χ0v) is 12.3. The number of carbonyl (C=O) groups excluding carboxylic acids is 3. The highest BCUT2D eigenvalue weighted by Gasteiger charge is 2.52. The smallest absolute Gasteiger partial charge is 0.237 e. The lowest BCUT2D eigenvalue weighted by atomic mass is 10.00. The van der Waals surface area contributed by atoms with Gasteiger partial charge in [-0.05, 0) is 37.8 Å². The lowest BCUT2D eigenvalue weighted by molar-refractivity contribution is -0.123. The van der Waals surface area contributed by atoms with Crippen LogP contribution in [-0.2, 0) is 9.59 Å². The minimum Gasteiger partial charge on any atom is -0.295 e. The number of hydrogen-bond donors (Lipinski definition) is 0. The van der Waals surface area contributed by atoms with Crippen LogP contribution in [0.15, 0.2) is 24.3 Å². The fourth-order valence-electron chi connectivity index (χ4n) is 3.58. The molecule has 2 aliphatic rings. The van der Waals surface area contributed by atoms with Gasteiger partial charge < -0.3 is 0 Å². The highest BCUT2D eigenvalue weighted by molar-refractivity contribution is 6.22. The molecule has 1 aromatic rings. The normalized spacial score (nSPS) is 28.1. The average Bonchev–Trinajstić information content (AvgIpc) is 3.00. The molecule has 1 heterocycles. The predicted octanol–water partition coefficient (Wildman–Crippen LogP) is 2.81. The van der Waals surface area contributed by atoms with Crippen LogP contribution >= 0.6 is 0 Å². The van der Waals surface area contributed by atoms with Crippen molar-refractivity contribution in [2.75, 3.05) is 4.90 Å². The van der Waals surface area contributed by atoms with Crippen LogP contribution in [0.3, 0.4) is 0 Å². The molecule has 4 heteroatoms. The quantitative estimate of drug-likeness (QED) is 0.634. The minimum atomic E-state index is -0.163. The van der Waals surface area contributed by atoms with Crippen LogP contribution in [0, 0.1) is 17.8 Å². The van der Waals surface area contributed by atoms with E-state index in [1.54, 1.807) is 24.3 Å². The molecule has 0 aromatic heterocycles. The summed E-state index contributed by atoms with van der Waals surface area (Å²) >= 11 is 0. The van der Waals surface area contributed by atoms with E-state index in [2.05, 4.69) is 6.92 Å². The second kappa shape index (κ2) is 5.10. The van der Waals surface area contributed by atoms with Crippen molar-refractivity contribution >= 4 is 23.3 Å². The molecule has 3 rings (SSSR count). The van der Waals surface area contributed by atoms with Crippen LogP contribution in [0.5, 0.6) is 0 Å². The van der Waals surface area contributed by atoms with E-state index in [9.17, 15) is 14.4 Å². The van der Waals surface area contributed by atoms with Crippen LogP contribution in [0.1, 0.15) is 43.5 Å². The molecule has 2 unspecified atom stereocenters. The monoisotopic (exact) mass is 285 g/mol. The Morgan fingerprint density at radius 3 is 2.33 bits per heavy atom. The van der Waals surface area contributed by atoms with E-state index < -0.39 is 0 Å². The topological polar surface area (TPSA) is 54.5 Å². The summed E-state index contributed by atoms with van der Waals surface area (Å²) in [6.45, 7) is 3.59. The first-order valence-electron chi connectivity index (χ1n) is 7.51. The van der Waals surface area contributed by atoms with Gasteiger partial charge in [-0.3, -0.25) is 19.3 Å². The largest absolute Gasteiger partial charge is 0.295 e. The van der Waals surface area contributed by atoms with Gasteiger partial charge in [-0.15, -0.1) is 0 Å². The number of fused-ring (bicyclic) bond motifs is 1. The van der Waals surface area contributed by atoms with E-state index in [0.29, 0.717) is 17.2 Å². The van der Waals surface area contributed by atoms with Gasteiger partial charge in [0.15, 0.2) is 5.78 Å². The highest BCUT2D eigenvalue weighted by Crippen LogP contribution is 2.45. The maximum absolute atomic E-state index is 12.6. The maximum Gasteiger partial charge on any atom is 0.237 e. The van der Waals surface area contributed by atoms with E-state index in [-0.39, 0.29) is 29.4 Å². The number of rotatable bonds is 3. The molecular weight excluding hydrogens is 266 g/mol. The summed E-state index contributed by atoms with van der Waals surface area (Å²) in [5.41, 5.74) is 1.05. The fourth-order valence-corrected chi connectivity index (χ4v) is 3.58. The van der Waals surface area contributed by atoms with Crippen molar-refractivity contribution in [3.63, 3.8) is 0 Å². The standard InChI is InChI=1S/C17H19NO3/c1-3-11-7-14-15(8-11)17(21)18(16(14)20)13-6-4-5-12(9-13)10(2)19/h4-6,9,11,14-15H,3,7-8H2,1-2H3. The van der Waals surface area contributed by atoms with Crippen LogP contribution < -0.4 is 4.90 Å². The zero-order valence-electron chi connectivity index (χ0n) is 12.3. The Hall–Kier alpha value is -1.97. The number of nitrogens with zero attached hydrogens (tertiary/aromatic N) is 1. The Bertz CT molecular complexity index is 598. The molecule has 1 aliphatic heterocycles. The number of imide groups is 1. The van der Waals surface area contributed by atoms with Crippen molar-refractivity contribution in [3.8, 4) is 0 Å². The first kappa shape index (κ1) is 14.0. The summed E-state index contributed by atoms with van der Waals surface area (Å²) in [5, 5.41) is 0. The third-order valence-corrected chi connectivity index (χ3v) is 4.82. The van der Waals surface area contributed by atoms with Crippen molar-refractivity contribution in [1.29, 1.82) is 0 Å². The number of ketones is 1. The molecule has 1 saturated carbocycles. The van der Waals surface area contributed by atoms with E-state index in [0.717, 1.165) is 19.3 Å². The van der Waals surface area contributed by atoms with Gasteiger partial charge in [0, 0.05) is 5.56 Å². The molecule has 21 heavy (non-hydrogen) atoms. The van der Waals surface area contributed by atoms with Crippen molar-refractivity contribution in [1.82, 2.24) is 0 Å². The Labute approximate surface area is 124 Å². The predicted molar refractivity (Wildman–Crippen MR) is 78.9 cm³/mol. The Morgan fingerprint density at radius 2 is 1.81 bits per heavy atom. The first-order valence-corrected chi connectivity index (χ1v) is 7.51. The van der Waals surface area contributed by atoms with Crippen LogP contribution in [0.4, 0.5) is 5.69 Å². The zero-order chi connectivity index (χ0) is 15.1. The molecule has 0 N–H and O–H groups in total. The van der Waals surface area contributed by atoms with E-state index in [1.807, 2.05) is 0 Å². The van der Waals surface area contributed by atoms with Crippen molar-refractivity contribution in [2.45, 2.75) is 33.1 Å². The number of carbonyl (C=O) groups is 3. The second-order valence-electron chi connectivity index (χ2n) is 6.08. The SMILES string of the molecule is CCC1CC2C(=O)N(c3cccc(C(C)=O)c3)C(=O)C2C1. The Morgan fingerprint density at radius 1 is 1.19 bits per heavy atom. The summed E-state index contributed by atoms with van der Waals surface area (Å²) in [5.74, 6) is -0.101. The van der Waals surface area contributed by atoms with Gasteiger partial charge in [-0.2, -0.15) is 0 Å². The maximum atomic E-state index is 12.6. The summed E-state index contributed by atoms with van der Waals surface area (Å²) in [7, 11) is 0. The molecule has 2 atom stereocenters. The number of amides is 2. The molecule has 1 aromatic carbocycles. The van der Waals surface area contributed by atoms with Gasteiger partial charge in [0.25, 0.3) is 0 Å². The van der Waals surface area contributed by atoms with Gasteiger partial charge in [0.05, 0.1) is 17.5 Å². The van der Waals surface area contributed by atoms with E-state index in [4.69, 9.17) is 0 Å². The molecule has 0 bridgehead atoms. The molecule has 2 fully saturated rings. The molecule has 1 saturated heterocycles. The minimum absolute atomic E-state index is 0.0674. The summed E-state index contributed by atoms with van der Waals surface area (Å²) < 4.78 is 0. The van der Waals surface area contributed by atoms with Gasteiger partial charge in [0.2, 0.25) is 11.8 Å². The van der Waals surface area contributed by atoms with Crippen molar-refractivity contribution in [3.05, 3.63) is 29.8 Å². The number of Topliss-reactive ketones (excluding diaryl/α,β-unsaturated/α-hetero) is 1. The first-order chi connectivity index (χ1) is 10.0. The van der Waals surface area contributed by atoms with Gasteiger partial charge in [-0.1, -0.05) is 25.5 Å². The van der Waals surface area contributed by atoms with Crippen molar-refractivity contribution < 1.29 is 14.4 Å². The average molecular weight is 285 g/mol. The number of hydrogen-bond acceptors (Lipinski definition) is 3. The third kappa shape index (κ3) is 2.19. The fraction of sp³-hybridized carbons (Fsp3) is 0.471. The number of benzene rings is 1. The molecule has 1 aliphatic carbocycles. The van der Waals surface area contributed by atoms with Gasteiger partial charge >= 0.3 is 0 Å². The summed E-state index contributed by atoms with van der Waals surface area (Å²) in [6, 6.07) is 6.78. The highest BCUT2D eigenvalue weighted by atomic mass is 16.2. The summed E-state index contributed by atoms with van der Waals surface area (Å²) in [6.07, 6.45) is 2.65. The lowest BCUT2D eigenvalue weighted by Crippen LogP contribution is -2.32. The molecule has 2 amide bonds. The molecule has 0 spiro atoms. The van der Waals surface area contributed by atoms with Crippen LogP contribution in [0.25, 0.3) is 0 Å². The molecule has 4 nitrogen and oxygen atoms in total. The Balaban J connectivity index is 1.91. The van der Waals surface area contributed by atoms with Crippen LogP contribution in [-0.4, -0.2) is 17.6 Å². The number of anilines is 1. The van der Waals surface area contributed by atoms with Crippen molar-refractivity contribution in [2.24, 2.45) is 17.8 Å². The molecule has 0 radical (unpaired) electrons. The van der Waals surface area contributed by atoms with Gasteiger partial charge in [0.1, 0.15) is 0 Å². The second-order valence-corrected chi connectivity index (χ2v) is 6.08. The summed E-state index contributed by atoms with van der Waals surface area (Å²) in [4.78, 5) is 37.9. The molecule has 110 valence electrons. The van der Waals surface area contributed by atoms with E-state index >= 15 is 0 Å². The lowest BCUT2D eigenvalue weighted by Gasteiger charge is -2.18. The molecular formula is C17H19NO3. The van der Waals surface area contributed by atoms with Crippen LogP contribution in [0.2, 0.25) is 0 Å².